The van der Waals surface area contributed by atoms with Gasteiger partial charge in [-0.15, -0.1) is 0 Å². The molecule has 0 aliphatic heterocycles. The van der Waals surface area contributed by atoms with E-state index in [1.165, 1.54) is 50.5 Å². The first-order valence-corrected chi connectivity index (χ1v) is 11.4. The zero-order valence-electron chi connectivity index (χ0n) is 17.2. The van der Waals surface area contributed by atoms with E-state index in [9.17, 15) is 5.21 Å². The molecular formula is C25H32N2O. The lowest BCUT2D eigenvalue weighted by molar-refractivity contribution is -0.0987. The van der Waals surface area contributed by atoms with Crippen molar-refractivity contribution in [2.75, 3.05) is 0 Å². The molecule has 0 amide bonds. The molecule has 0 aromatic carbocycles. The van der Waals surface area contributed by atoms with Gasteiger partial charge in [0.15, 0.2) is 0 Å². The number of hydrogen-bond donors (Lipinski definition) is 1. The van der Waals surface area contributed by atoms with Crippen molar-refractivity contribution in [2.24, 2.45) is 45.1 Å². The Hall–Kier alpha value is -1.64. The first kappa shape index (κ1) is 17.2. The van der Waals surface area contributed by atoms with Crippen LogP contribution in [0.4, 0.5) is 0 Å². The molecule has 1 aromatic heterocycles. The van der Waals surface area contributed by atoms with E-state index in [1.807, 2.05) is 6.20 Å². The van der Waals surface area contributed by atoms with Gasteiger partial charge in [0.05, 0.1) is 5.71 Å². The predicted molar refractivity (Wildman–Crippen MR) is 111 cm³/mol. The molecule has 3 nitrogen and oxygen atoms in total. The zero-order chi connectivity index (χ0) is 19.1. The van der Waals surface area contributed by atoms with Gasteiger partial charge in [-0.25, -0.2) is 0 Å². The number of aromatic nitrogens is 1. The smallest absolute Gasteiger partial charge is 0.0607 e. The molecule has 0 radical (unpaired) electrons. The Bertz CT molecular complexity index is 876. The maximum atomic E-state index is 9.46. The summed E-state index contributed by atoms with van der Waals surface area (Å²) in [6.07, 6.45) is 16.7. The van der Waals surface area contributed by atoms with Crippen LogP contribution in [-0.4, -0.2) is 15.9 Å². The average molecular weight is 377 g/mol. The Morgan fingerprint density at radius 3 is 2.82 bits per heavy atom. The van der Waals surface area contributed by atoms with E-state index in [1.54, 1.807) is 5.57 Å². The van der Waals surface area contributed by atoms with Gasteiger partial charge in [-0.05, 0) is 103 Å². The van der Waals surface area contributed by atoms with Crippen molar-refractivity contribution in [3.63, 3.8) is 0 Å². The predicted octanol–water partition coefficient (Wildman–Crippen LogP) is 5.95. The summed E-state index contributed by atoms with van der Waals surface area (Å²) in [4.78, 5) is 4.40. The first-order chi connectivity index (χ1) is 13.5. The topological polar surface area (TPSA) is 45.5 Å². The second-order valence-electron chi connectivity index (χ2n) is 10.9. The molecule has 1 N–H and O–H groups in total. The van der Waals surface area contributed by atoms with Crippen LogP contribution in [0.1, 0.15) is 70.8 Å². The maximum Gasteiger partial charge on any atom is 0.0607 e. The summed E-state index contributed by atoms with van der Waals surface area (Å²) in [5.41, 5.74) is 5.25. The second-order valence-corrected chi connectivity index (χ2v) is 10.9. The van der Waals surface area contributed by atoms with Gasteiger partial charge < -0.3 is 5.21 Å². The highest BCUT2D eigenvalue weighted by molar-refractivity contribution is 5.91. The molecular weight excluding hydrogens is 344 g/mol. The second kappa shape index (κ2) is 5.49. The standard InChI is InChI=1S/C25H32N2O/c1-23-10-8-20-17(19(23)6-5-18(23)16-4-3-13-26-15-16)7-12-25-14-21(25)22(27-28)9-11-24(20,25)2/h3-5,13,15,17,19-21,28H,6-12,14H2,1-2H3/t17-,19-,20-,21-,23+,24+,25-/m0/s1. The maximum absolute atomic E-state index is 9.46. The monoisotopic (exact) mass is 376 g/mol. The fraction of sp³-hybridized carbons (Fsp3) is 0.680. The number of nitrogens with zero attached hydrogens (tertiary/aromatic N) is 2. The van der Waals surface area contributed by atoms with Crippen molar-refractivity contribution in [3.05, 3.63) is 36.2 Å². The third kappa shape index (κ3) is 1.91. The van der Waals surface area contributed by atoms with Crippen molar-refractivity contribution in [3.8, 4) is 0 Å². The fourth-order valence-electron chi connectivity index (χ4n) is 8.86. The van der Waals surface area contributed by atoms with Crippen molar-refractivity contribution >= 4 is 11.3 Å². The number of hydrogen-bond acceptors (Lipinski definition) is 3. The number of allylic oxidation sites excluding steroid dienone is 2. The molecule has 3 heteroatoms. The summed E-state index contributed by atoms with van der Waals surface area (Å²) in [6, 6.07) is 4.33. The Morgan fingerprint density at radius 2 is 2.04 bits per heavy atom. The van der Waals surface area contributed by atoms with E-state index in [4.69, 9.17) is 0 Å². The van der Waals surface area contributed by atoms with Gasteiger partial charge >= 0.3 is 0 Å². The quantitative estimate of drug-likeness (QED) is 0.486. The van der Waals surface area contributed by atoms with Crippen LogP contribution in [0, 0.1) is 39.9 Å². The molecule has 4 saturated carbocycles. The van der Waals surface area contributed by atoms with E-state index < -0.39 is 0 Å². The van der Waals surface area contributed by atoms with E-state index >= 15 is 0 Å². The van der Waals surface area contributed by atoms with Crippen LogP contribution < -0.4 is 0 Å². The highest BCUT2D eigenvalue weighted by Gasteiger charge is 2.73. The lowest BCUT2D eigenvalue weighted by Crippen LogP contribution is -2.54. The molecule has 5 aliphatic carbocycles. The summed E-state index contributed by atoms with van der Waals surface area (Å²) < 4.78 is 0. The Kier molecular flexibility index (Phi) is 3.38. The van der Waals surface area contributed by atoms with Crippen LogP contribution in [0.2, 0.25) is 0 Å². The van der Waals surface area contributed by atoms with Crippen molar-refractivity contribution < 1.29 is 5.21 Å². The summed E-state index contributed by atoms with van der Waals surface area (Å²) >= 11 is 0. The molecule has 5 aliphatic rings. The van der Waals surface area contributed by atoms with Crippen LogP contribution in [0.5, 0.6) is 0 Å². The fourth-order valence-corrected chi connectivity index (χ4v) is 8.86. The molecule has 148 valence electrons. The Labute approximate surface area is 168 Å². The average Bonchev–Trinajstić information content (AvgIpc) is 3.35. The molecule has 0 saturated heterocycles. The minimum Gasteiger partial charge on any atom is -0.411 e. The van der Waals surface area contributed by atoms with Crippen LogP contribution in [-0.2, 0) is 0 Å². The summed E-state index contributed by atoms with van der Waals surface area (Å²) in [5.74, 6) is 3.08. The van der Waals surface area contributed by atoms with Crippen LogP contribution in [0.25, 0.3) is 5.57 Å². The Balaban J connectivity index is 1.33. The molecule has 1 aromatic rings. The summed E-state index contributed by atoms with van der Waals surface area (Å²) in [6.45, 7) is 5.16. The van der Waals surface area contributed by atoms with E-state index in [2.05, 4.69) is 48.4 Å². The van der Waals surface area contributed by atoms with Gasteiger partial charge in [0.1, 0.15) is 0 Å². The Morgan fingerprint density at radius 1 is 1.14 bits per heavy atom. The summed E-state index contributed by atoms with van der Waals surface area (Å²) in [7, 11) is 0. The van der Waals surface area contributed by atoms with E-state index in [-0.39, 0.29) is 0 Å². The van der Waals surface area contributed by atoms with Gasteiger partial charge in [-0.2, -0.15) is 0 Å². The van der Waals surface area contributed by atoms with Crippen LogP contribution >= 0.6 is 0 Å². The molecule has 4 fully saturated rings. The van der Waals surface area contributed by atoms with Crippen LogP contribution in [0.15, 0.2) is 35.8 Å². The van der Waals surface area contributed by atoms with Crippen LogP contribution in [0.3, 0.4) is 0 Å². The lowest BCUT2D eigenvalue weighted by atomic mass is 9.43. The van der Waals surface area contributed by atoms with Gasteiger partial charge in [0.2, 0.25) is 0 Å². The van der Waals surface area contributed by atoms with E-state index in [0.717, 1.165) is 29.9 Å². The first-order valence-electron chi connectivity index (χ1n) is 11.4. The summed E-state index contributed by atoms with van der Waals surface area (Å²) in [5, 5.41) is 13.2. The molecule has 1 spiro atoms. The molecule has 0 bridgehead atoms. The van der Waals surface area contributed by atoms with Gasteiger partial charge in [-0.3, -0.25) is 4.98 Å². The largest absolute Gasteiger partial charge is 0.411 e. The minimum atomic E-state index is 0.320. The molecule has 7 atom stereocenters. The van der Waals surface area contributed by atoms with Crippen molar-refractivity contribution in [1.82, 2.24) is 4.98 Å². The van der Waals surface area contributed by atoms with Crippen molar-refractivity contribution in [2.45, 2.75) is 65.2 Å². The number of pyridine rings is 1. The number of fused-ring (bicyclic) bond motifs is 4. The van der Waals surface area contributed by atoms with E-state index in [0.29, 0.717) is 22.2 Å². The molecule has 0 unspecified atom stereocenters. The van der Waals surface area contributed by atoms with Crippen molar-refractivity contribution in [1.29, 1.82) is 0 Å². The molecule has 6 rings (SSSR count). The normalized spacial score (nSPS) is 50.2. The molecule has 1 heterocycles. The van der Waals surface area contributed by atoms with Gasteiger partial charge in [-0.1, -0.05) is 31.1 Å². The number of rotatable bonds is 1. The highest BCUT2D eigenvalue weighted by Crippen LogP contribution is 2.79. The minimum absolute atomic E-state index is 0.320. The lowest BCUT2D eigenvalue weighted by Gasteiger charge is -2.61. The SMILES string of the molecule is C[C@]12CC[C@H]3[C@@H](CC[C@]45C[C@H]4C(=NO)CC[C@]35C)[C@@H]1CC=C2c1cccnc1. The zero-order valence-corrected chi connectivity index (χ0v) is 17.2. The van der Waals surface area contributed by atoms with Gasteiger partial charge in [0.25, 0.3) is 0 Å². The third-order valence-corrected chi connectivity index (χ3v) is 10.4. The van der Waals surface area contributed by atoms with Gasteiger partial charge in [0, 0.05) is 18.3 Å². The molecule has 28 heavy (non-hydrogen) atoms. The number of oxime groups is 1. The highest BCUT2D eigenvalue weighted by atomic mass is 16.4. The third-order valence-electron chi connectivity index (χ3n) is 10.4.